The van der Waals surface area contributed by atoms with Crippen molar-refractivity contribution in [1.82, 2.24) is 0 Å². The molecule has 1 fully saturated rings. The minimum absolute atomic E-state index is 0.118. The van der Waals surface area contributed by atoms with Crippen LogP contribution in [0.4, 0.5) is 35.1 Å². The summed E-state index contributed by atoms with van der Waals surface area (Å²) in [7, 11) is 0. The third kappa shape index (κ3) is 2.79. The Kier molecular flexibility index (Phi) is 4.48. The Morgan fingerprint density at radius 1 is 0.905 bits per heavy atom. The van der Waals surface area contributed by atoms with Crippen molar-refractivity contribution in [2.75, 3.05) is 0 Å². The summed E-state index contributed by atoms with van der Waals surface area (Å²) < 4.78 is 107. The molecule has 0 aromatic rings. The van der Waals surface area contributed by atoms with Crippen molar-refractivity contribution in [3.05, 3.63) is 0 Å². The topological polar surface area (TPSA) is 46.5 Å². The third-order valence-corrected chi connectivity index (χ3v) is 3.04. The Hall–Kier alpha value is -1.13. The number of hydrogen-bond donors (Lipinski definition) is 1. The Labute approximate surface area is 112 Å². The number of rotatable bonds is 6. The van der Waals surface area contributed by atoms with Gasteiger partial charge in [0.15, 0.2) is 0 Å². The molecule has 1 aliphatic rings. The highest BCUT2D eigenvalue weighted by Crippen LogP contribution is 2.53. The highest BCUT2D eigenvalue weighted by molar-refractivity contribution is 5.77. The van der Waals surface area contributed by atoms with Gasteiger partial charge in [0.05, 0.1) is 6.10 Å². The summed E-state index contributed by atoms with van der Waals surface area (Å²) in [6.07, 6.45) is -7.01. The fraction of sp³-hybridized carbons (Fsp3) is 0.900. The number of hydrogen-bond acceptors (Lipinski definition) is 2. The van der Waals surface area contributed by atoms with Crippen LogP contribution in [0.2, 0.25) is 0 Å². The minimum Gasteiger partial charge on any atom is -0.477 e. The zero-order chi connectivity index (χ0) is 16.7. The molecular weight excluding hydrogens is 320 g/mol. The second-order valence-electron chi connectivity index (χ2n) is 4.57. The highest BCUT2D eigenvalue weighted by atomic mass is 19.4. The maximum atomic E-state index is 13.2. The molecule has 1 rings (SSSR count). The van der Waals surface area contributed by atoms with Crippen molar-refractivity contribution in [2.24, 2.45) is 0 Å². The lowest BCUT2D eigenvalue weighted by Gasteiger charge is -2.35. The number of halogens is 8. The Bertz CT molecular complexity index is 403. The van der Waals surface area contributed by atoms with Crippen LogP contribution in [0.5, 0.6) is 0 Å². The van der Waals surface area contributed by atoms with Crippen molar-refractivity contribution in [3.63, 3.8) is 0 Å². The summed E-state index contributed by atoms with van der Waals surface area (Å²) in [5, 5.41) is 7.84. The van der Waals surface area contributed by atoms with E-state index in [0.29, 0.717) is 12.8 Å². The number of aliphatic carboxylic acids is 1. The summed E-state index contributed by atoms with van der Waals surface area (Å²) in [6, 6.07) is 0. The van der Waals surface area contributed by atoms with Crippen LogP contribution in [0.25, 0.3) is 0 Å². The number of alkyl halides is 8. The molecule has 0 atom stereocenters. The number of carboxylic acid groups (broad SMARTS) is 1. The lowest BCUT2D eigenvalue weighted by molar-refractivity contribution is -0.429. The lowest BCUT2D eigenvalue weighted by atomic mass is 10.0. The number of ether oxygens (including phenoxy) is 1. The SMILES string of the molecule is O=C(O)C(F)(F)C(F)(F)C(F)(F)C(F)(F)OC1CCCC1. The molecule has 124 valence electrons. The Balaban J connectivity index is 3.08. The first-order valence-electron chi connectivity index (χ1n) is 5.70. The van der Waals surface area contributed by atoms with Crippen LogP contribution >= 0.6 is 0 Å². The molecule has 0 spiro atoms. The molecule has 0 aliphatic heterocycles. The lowest BCUT2D eigenvalue weighted by Crippen LogP contribution is -2.65. The monoisotopic (exact) mass is 330 g/mol. The molecule has 0 unspecified atom stereocenters. The molecular formula is C10H10F8O3. The molecule has 0 aromatic heterocycles. The fourth-order valence-corrected chi connectivity index (χ4v) is 1.80. The first-order valence-corrected chi connectivity index (χ1v) is 5.70. The first kappa shape index (κ1) is 17.9. The van der Waals surface area contributed by atoms with E-state index < -0.39 is 35.9 Å². The van der Waals surface area contributed by atoms with Crippen molar-refractivity contribution < 1.29 is 49.8 Å². The van der Waals surface area contributed by atoms with Gasteiger partial charge in [-0.05, 0) is 12.8 Å². The van der Waals surface area contributed by atoms with Crippen LogP contribution in [0.3, 0.4) is 0 Å². The van der Waals surface area contributed by atoms with Gasteiger partial charge in [0.2, 0.25) is 0 Å². The van der Waals surface area contributed by atoms with Crippen LogP contribution in [0.15, 0.2) is 0 Å². The Morgan fingerprint density at radius 3 is 1.71 bits per heavy atom. The minimum atomic E-state index is -6.84. The Morgan fingerprint density at radius 2 is 1.33 bits per heavy atom. The fourth-order valence-electron chi connectivity index (χ4n) is 1.80. The zero-order valence-corrected chi connectivity index (χ0v) is 10.2. The molecule has 0 aromatic carbocycles. The first-order chi connectivity index (χ1) is 9.27. The van der Waals surface area contributed by atoms with E-state index >= 15 is 0 Å². The molecule has 11 heteroatoms. The van der Waals surface area contributed by atoms with E-state index in [2.05, 4.69) is 4.74 Å². The van der Waals surface area contributed by atoms with Gasteiger partial charge in [-0.1, -0.05) is 12.8 Å². The molecule has 1 aliphatic carbocycles. The van der Waals surface area contributed by atoms with E-state index in [1.165, 1.54) is 0 Å². The van der Waals surface area contributed by atoms with Crippen LogP contribution in [0.1, 0.15) is 25.7 Å². The largest absolute Gasteiger partial charge is 0.477 e. The summed E-state index contributed by atoms with van der Waals surface area (Å²) in [5.74, 6) is -23.6. The van der Waals surface area contributed by atoms with Crippen molar-refractivity contribution in [3.8, 4) is 0 Å². The average Bonchev–Trinajstić information content (AvgIpc) is 2.79. The second kappa shape index (κ2) is 5.25. The van der Waals surface area contributed by atoms with Crippen molar-refractivity contribution in [1.29, 1.82) is 0 Å². The predicted octanol–water partition coefficient (Wildman–Crippen LogP) is 3.53. The summed E-state index contributed by atoms with van der Waals surface area (Å²) in [5.41, 5.74) is 0. The van der Waals surface area contributed by atoms with Crippen LogP contribution in [0, 0.1) is 0 Å². The maximum Gasteiger partial charge on any atom is 0.426 e. The number of carbonyl (C=O) groups is 1. The zero-order valence-electron chi connectivity index (χ0n) is 10.2. The second-order valence-corrected chi connectivity index (χ2v) is 4.57. The van der Waals surface area contributed by atoms with Gasteiger partial charge in [-0.3, -0.25) is 0 Å². The average molecular weight is 330 g/mol. The van der Waals surface area contributed by atoms with Crippen LogP contribution in [-0.4, -0.2) is 41.1 Å². The van der Waals surface area contributed by atoms with Crippen LogP contribution < -0.4 is 0 Å². The van der Waals surface area contributed by atoms with E-state index in [0.717, 1.165) is 0 Å². The third-order valence-electron chi connectivity index (χ3n) is 3.04. The van der Waals surface area contributed by atoms with E-state index in [4.69, 9.17) is 5.11 Å². The molecule has 0 saturated heterocycles. The van der Waals surface area contributed by atoms with Crippen LogP contribution in [-0.2, 0) is 9.53 Å². The molecule has 0 bridgehead atoms. The van der Waals surface area contributed by atoms with Gasteiger partial charge in [0, 0.05) is 0 Å². The van der Waals surface area contributed by atoms with Crippen molar-refractivity contribution >= 4 is 5.97 Å². The molecule has 0 amide bonds. The summed E-state index contributed by atoms with van der Waals surface area (Å²) in [4.78, 5) is 9.94. The van der Waals surface area contributed by atoms with Gasteiger partial charge >= 0.3 is 29.8 Å². The van der Waals surface area contributed by atoms with E-state index in [-0.39, 0.29) is 12.8 Å². The van der Waals surface area contributed by atoms with Gasteiger partial charge in [-0.15, -0.1) is 0 Å². The highest BCUT2D eigenvalue weighted by Gasteiger charge is 2.84. The molecule has 3 nitrogen and oxygen atoms in total. The normalized spacial score (nSPS) is 19.0. The molecule has 0 heterocycles. The number of carboxylic acids is 1. The standard InChI is InChI=1S/C10H10F8O3/c11-7(12,6(19)20)8(13,14)9(15,16)10(17,18)21-5-3-1-2-4-5/h5H,1-4H2,(H,19,20). The van der Waals surface area contributed by atoms with Gasteiger partial charge < -0.3 is 9.84 Å². The van der Waals surface area contributed by atoms with Gasteiger partial charge in [0.25, 0.3) is 0 Å². The van der Waals surface area contributed by atoms with E-state index in [9.17, 15) is 39.9 Å². The van der Waals surface area contributed by atoms with E-state index in [1.807, 2.05) is 0 Å². The maximum absolute atomic E-state index is 13.2. The van der Waals surface area contributed by atoms with Crippen molar-refractivity contribution in [2.45, 2.75) is 55.7 Å². The predicted molar refractivity (Wildman–Crippen MR) is 50.8 cm³/mol. The van der Waals surface area contributed by atoms with Gasteiger partial charge in [-0.25, -0.2) is 4.79 Å². The van der Waals surface area contributed by atoms with E-state index in [1.54, 1.807) is 0 Å². The molecule has 1 N–H and O–H groups in total. The summed E-state index contributed by atoms with van der Waals surface area (Å²) in [6.45, 7) is 0. The quantitative estimate of drug-likeness (QED) is 0.758. The smallest absolute Gasteiger partial charge is 0.426 e. The van der Waals surface area contributed by atoms with Gasteiger partial charge in [-0.2, -0.15) is 35.1 Å². The summed E-state index contributed by atoms with van der Waals surface area (Å²) >= 11 is 0. The van der Waals surface area contributed by atoms with Gasteiger partial charge in [0.1, 0.15) is 0 Å². The molecule has 21 heavy (non-hydrogen) atoms. The molecule has 1 saturated carbocycles. The molecule has 0 radical (unpaired) electrons.